The van der Waals surface area contributed by atoms with E-state index in [1.165, 1.54) is 19.3 Å². The molecular formula is C26H33N3O3S. The molecule has 1 fully saturated rings. The predicted octanol–water partition coefficient (Wildman–Crippen LogP) is 4.70. The maximum atomic E-state index is 13.0. The Morgan fingerprint density at radius 3 is 2.33 bits per heavy atom. The molecule has 7 heteroatoms. The van der Waals surface area contributed by atoms with E-state index < -0.39 is 16.1 Å². The lowest BCUT2D eigenvalue weighted by atomic mass is 9.83. The first-order valence-electron chi connectivity index (χ1n) is 11.7. The number of aliphatic hydroxyl groups is 1. The third-order valence-corrected chi connectivity index (χ3v) is 7.95. The van der Waals surface area contributed by atoms with Gasteiger partial charge in [-0.15, -0.1) is 0 Å². The fourth-order valence-corrected chi connectivity index (χ4v) is 5.66. The topological polar surface area (TPSA) is 83.4 Å². The summed E-state index contributed by atoms with van der Waals surface area (Å²) in [4.78, 5) is 0.210. The normalized spacial score (nSPS) is 16.9. The number of rotatable bonds is 9. The van der Waals surface area contributed by atoms with Crippen LogP contribution in [0.1, 0.15) is 44.6 Å². The van der Waals surface area contributed by atoms with Gasteiger partial charge < -0.3 is 15.0 Å². The molecule has 0 radical (unpaired) electrons. The van der Waals surface area contributed by atoms with Crippen LogP contribution in [0.25, 0.3) is 5.69 Å². The number of aliphatic hydroxyl groups excluding tert-OH is 1. The Bertz CT molecular complexity index is 1120. The molecule has 0 spiro atoms. The monoisotopic (exact) mass is 467 g/mol. The third-order valence-electron chi connectivity index (χ3n) is 6.57. The molecule has 176 valence electrons. The van der Waals surface area contributed by atoms with Crippen LogP contribution < -0.4 is 10.0 Å². The Labute approximate surface area is 196 Å². The highest BCUT2D eigenvalue weighted by atomic mass is 32.2. The van der Waals surface area contributed by atoms with Crippen molar-refractivity contribution in [1.29, 1.82) is 0 Å². The van der Waals surface area contributed by atoms with Gasteiger partial charge in [0.25, 0.3) is 10.0 Å². The van der Waals surface area contributed by atoms with Gasteiger partial charge in [-0.1, -0.05) is 37.5 Å². The minimum Gasteiger partial charge on any atom is -0.391 e. The molecule has 0 amide bonds. The van der Waals surface area contributed by atoms with Gasteiger partial charge in [0.15, 0.2) is 0 Å². The van der Waals surface area contributed by atoms with Crippen LogP contribution in [0.3, 0.4) is 0 Å². The van der Waals surface area contributed by atoms with Gasteiger partial charge in [-0.05, 0) is 73.7 Å². The van der Waals surface area contributed by atoms with Gasteiger partial charge in [-0.25, -0.2) is 8.42 Å². The van der Waals surface area contributed by atoms with Crippen LogP contribution in [0.15, 0.2) is 78.0 Å². The number of para-hydroxylation sites is 1. The number of sulfonamides is 1. The smallest absolute Gasteiger partial charge is 0.261 e. The Morgan fingerprint density at radius 2 is 1.64 bits per heavy atom. The molecule has 6 nitrogen and oxygen atoms in total. The average molecular weight is 468 g/mol. The average Bonchev–Trinajstić information content (AvgIpc) is 3.38. The van der Waals surface area contributed by atoms with Crippen molar-refractivity contribution in [3.63, 3.8) is 0 Å². The van der Waals surface area contributed by atoms with Gasteiger partial charge in [-0.3, -0.25) is 4.72 Å². The summed E-state index contributed by atoms with van der Waals surface area (Å²) in [5.74, 6) is 0.338. The van der Waals surface area contributed by atoms with Crippen LogP contribution in [0.4, 0.5) is 5.69 Å². The number of nitrogens with one attached hydrogen (secondary N) is 2. The van der Waals surface area contributed by atoms with Gasteiger partial charge in [0.2, 0.25) is 0 Å². The molecule has 1 unspecified atom stereocenters. The predicted molar refractivity (Wildman–Crippen MR) is 132 cm³/mol. The fraction of sp³-hybridized carbons (Fsp3) is 0.385. The number of aromatic nitrogens is 1. The van der Waals surface area contributed by atoms with Crippen molar-refractivity contribution in [2.75, 3.05) is 4.72 Å². The van der Waals surface area contributed by atoms with Gasteiger partial charge >= 0.3 is 0 Å². The summed E-state index contributed by atoms with van der Waals surface area (Å²) < 4.78 is 30.7. The Kier molecular flexibility index (Phi) is 7.53. The van der Waals surface area contributed by atoms with Crippen LogP contribution in [-0.2, 0) is 16.6 Å². The highest BCUT2D eigenvalue weighted by molar-refractivity contribution is 7.92. The lowest BCUT2D eigenvalue weighted by Gasteiger charge is -2.31. The van der Waals surface area contributed by atoms with Gasteiger partial charge in [0.05, 0.1) is 16.7 Å². The van der Waals surface area contributed by atoms with E-state index in [4.69, 9.17) is 0 Å². The van der Waals surface area contributed by atoms with Crippen molar-refractivity contribution < 1.29 is 13.5 Å². The second kappa shape index (κ2) is 10.5. The van der Waals surface area contributed by atoms with Crippen LogP contribution in [0, 0.1) is 5.92 Å². The lowest BCUT2D eigenvalue weighted by Crippen LogP contribution is -2.42. The van der Waals surface area contributed by atoms with Crippen molar-refractivity contribution in [3.8, 4) is 5.69 Å². The van der Waals surface area contributed by atoms with Gasteiger partial charge in [0, 0.05) is 30.7 Å². The molecule has 1 aliphatic carbocycles. The third kappa shape index (κ3) is 5.85. The van der Waals surface area contributed by atoms with Crippen LogP contribution in [0.5, 0.6) is 0 Å². The molecule has 2 atom stereocenters. The number of benzene rings is 2. The van der Waals surface area contributed by atoms with E-state index in [0.717, 1.165) is 24.1 Å². The summed E-state index contributed by atoms with van der Waals surface area (Å²) in [6.07, 6.45) is 9.21. The molecule has 1 saturated carbocycles. The van der Waals surface area contributed by atoms with E-state index in [0.29, 0.717) is 18.2 Å². The summed E-state index contributed by atoms with van der Waals surface area (Å²) in [7, 11) is -3.73. The number of hydrogen-bond acceptors (Lipinski definition) is 4. The van der Waals surface area contributed by atoms with Crippen molar-refractivity contribution in [1.82, 2.24) is 9.88 Å². The minimum atomic E-state index is -3.73. The molecule has 3 N–H and O–H groups in total. The van der Waals surface area contributed by atoms with E-state index in [9.17, 15) is 13.5 Å². The number of anilines is 1. The Hall–Kier alpha value is -2.61. The van der Waals surface area contributed by atoms with Crippen molar-refractivity contribution in [2.45, 2.75) is 62.6 Å². The highest BCUT2D eigenvalue weighted by Crippen LogP contribution is 2.28. The molecule has 1 aromatic heterocycles. The molecule has 0 aliphatic heterocycles. The zero-order valence-corrected chi connectivity index (χ0v) is 19.8. The summed E-state index contributed by atoms with van der Waals surface area (Å²) in [6.45, 7) is 2.47. The maximum Gasteiger partial charge on any atom is 0.261 e. The molecule has 0 bridgehead atoms. The fourth-order valence-electron chi connectivity index (χ4n) is 4.56. The maximum absolute atomic E-state index is 13.0. The van der Waals surface area contributed by atoms with E-state index in [1.807, 2.05) is 54.2 Å². The summed E-state index contributed by atoms with van der Waals surface area (Å²) >= 11 is 0. The SMILES string of the molecule is CC(NCc1ccccc1NS(=O)(=O)c1ccc(-n2cccc2)cc1)[C@H](O)C1CCCCC1. The standard InChI is InChI=1S/C26H33N3O3S/c1-20(26(30)21-9-3-2-4-10-21)27-19-22-11-5-6-12-25(22)28-33(31,32)24-15-13-23(14-16-24)29-17-7-8-18-29/h5-8,11-18,20-21,26-28,30H,2-4,9-10,19H2,1H3/t20?,26-/m0/s1. The first kappa shape index (κ1) is 23.5. The molecule has 0 saturated heterocycles. The molecule has 1 heterocycles. The second-order valence-electron chi connectivity index (χ2n) is 8.91. The molecule has 4 rings (SSSR count). The number of hydrogen-bond donors (Lipinski definition) is 3. The van der Waals surface area contributed by atoms with Gasteiger partial charge in [0.1, 0.15) is 0 Å². The van der Waals surface area contributed by atoms with Crippen LogP contribution in [-0.4, -0.2) is 30.2 Å². The molecule has 2 aromatic carbocycles. The van der Waals surface area contributed by atoms with E-state index >= 15 is 0 Å². The molecule has 33 heavy (non-hydrogen) atoms. The van der Waals surface area contributed by atoms with E-state index in [2.05, 4.69) is 10.0 Å². The van der Waals surface area contributed by atoms with Crippen molar-refractivity contribution >= 4 is 15.7 Å². The second-order valence-corrected chi connectivity index (χ2v) is 10.6. The minimum absolute atomic E-state index is 0.0704. The van der Waals surface area contributed by atoms with Crippen molar-refractivity contribution in [2.24, 2.45) is 5.92 Å². The zero-order valence-electron chi connectivity index (χ0n) is 19.0. The van der Waals surface area contributed by atoms with E-state index in [-0.39, 0.29) is 10.9 Å². The Morgan fingerprint density at radius 1 is 0.970 bits per heavy atom. The summed E-state index contributed by atoms with van der Waals surface area (Å²) in [5, 5.41) is 14.1. The lowest BCUT2D eigenvalue weighted by molar-refractivity contribution is 0.0551. The van der Waals surface area contributed by atoms with Crippen molar-refractivity contribution in [3.05, 3.63) is 78.6 Å². The highest BCUT2D eigenvalue weighted by Gasteiger charge is 2.26. The summed E-state index contributed by atoms with van der Waals surface area (Å²) in [6, 6.07) is 18.0. The van der Waals surface area contributed by atoms with E-state index in [1.54, 1.807) is 30.3 Å². The molecule has 1 aliphatic rings. The molecule has 3 aromatic rings. The first-order chi connectivity index (χ1) is 15.9. The van der Waals surface area contributed by atoms with Crippen LogP contribution >= 0.6 is 0 Å². The largest absolute Gasteiger partial charge is 0.391 e. The van der Waals surface area contributed by atoms with Gasteiger partial charge in [-0.2, -0.15) is 0 Å². The number of nitrogens with zero attached hydrogens (tertiary/aromatic N) is 1. The first-order valence-corrected chi connectivity index (χ1v) is 13.2. The molecular weight excluding hydrogens is 434 g/mol. The summed E-state index contributed by atoms with van der Waals surface area (Å²) in [5.41, 5.74) is 2.28. The van der Waals surface area contributed by atoms with Crippen LogP contribution in [0.2, 0.25) is 0 Å². The Balaban J connectivity index is 1.42. The quantitative estimate of drug-likeness (QED) is 0.426. The zero-order chi connectivity index (χ0) is 23.3.